The standard InChI is InChI=1S/C23H29N3O2/c1-15-14-25-11-6-12-26-19-13-17(23(27)28-2)9-10-18(19)20(21(26)22(25)24-15)16-7-4-3-5-8-16/h9-10,13,15-16H,3-8,11-12,14H2,1-2H3/t15-/m1/s1. The molecular formula is C23H29N3O2. The zero-order chi connectivity index (χ0) is 19.3. The summed E-state index contributed by atoms with van der Waals surface area (Å²) in [6, 6.07) is 6.46. The summed E-state index contributed by atoms with van der Waals surface area (Å²) in [7, 11) is 1.45. The minimum atomic E-state index is -0.265. The summed E-state index contributed by atoms with van der Waals surface area (Å²) in [5.74, 6) is 1.51. The molecule has 0 radical (unpaired) electrons. The Hall–Kier alpha value is -2.30. The number of benzene rings is 1. The topological polar surface area (TPSA) is 46.8 Å². The van der Waals surface area contributed by atoms with Crippen LogP contribution in [0, 0.1) is 0 Å². The average Bonchev–Trinajstić information content (AvgIpc) is 3.19. The Balaban J connectivity index is 1.77. The first-order valence-corrected chi connectivity index (χ1v) is 10.7. The van der Waals surface area contributed by atoms with Crippen LogP contribution in [0.15, 0.2) is 23.2 Å². The van der Waals surface area contributed by atoms with Crippen molar-refractivity contribution in [3.05, 3.63) is 35.0 Å². The Labute approximate surface area is 166 Å². The normalized spacial score (nSPS) is 22.6. The van der Waals surface area contributed by atoms with E-state index in [0.717, 1.165) is 26.1 Å². The number of carbonyl (C=O) groups is 1. The summed E-state index contributed by atoms with van der Waals surface area (Å²) < 4.78 is 7.43. The van der Waals surface area contributed by atoms with E-state index in [1.165, 1.54) is 67.2 Å². The third-order valence-corrected chi connectivity index (χ3v) is 6.69. The van der Waals surface area contributed by atoms with Crippen molar-refractivity contribution in [2.45, 2.75) is 64.0 Å². The molecule has 5 nitrogen and oxygen atoms in total. The molecule has 1 atom stereocenters. The van der Waals surface area contributed by atoms with Crippen LogP contribution in [0.4, 0.5) is 0 Å². The molecule has 1 fully saturated rings. The molecule has 5 heteroatoms. The molecule has 3 heterocycles. The molecule has 0 amide bonds. The number of rotatable bonds is 2. The molecule has 0 N–H and O–H groups in total. The van der Waals surface area contributed by atoms with Crippen molar-refractivity contribution in [3.63, 3.8) is 0 Å². The van der Waals surface area contributed by atoms with Crippen molar-refractivity contribution < 1.29 is 9.53 Å². The lowest BCUT2D eigenvalue weighted by Gasteiger charge is -2.25. The average molecular weight is 380 g/mol. The van der Waals surface area contributed by atoms with Gasteiger partial charge >= 0.3 is 5.97 Å². The predicted molar refractivity (Wildman–Crippen MR) is 111 cm³/mol. The molecule has 2 aliphatic heterocycles. The second kappa shape index (κ2) is 6.94. The van der Waals surface area contributed by atoms with Crippen LogP contribution < -0.4 is 0 Å². The lowest BCUT2D eigenvalue weighted by molar-refractivity contribution is 0.0601. The number of aryl methyl sites for hydroxylation is 1. The van der Waals surface area contributed by atoms with Gasteiger partial charge in [0.15, 0.2) is 0 Å². The lowest BCUT2D eigenvalue weighted by atomic mass is 9.82. The van der Waals surface area contributed by atoms with Gasteiger partial charge in [-0.25, -0.2) is 4.79 Å². The minimum Gasteiger partial charge on any atom is -0.465 e. The number of carbonyl (C=O) groups excluding carboxylic acids is 1. The summed E-state index contributed by atoms with van der Waals surface area (Å²) in [6.07, 6.45) is 7.59. The van der Waals surface area contributed by atoms with Gasteiger partial charge in [-0.15, -0.1) is 0 Å². The minimum absolute atomic E-state index is 0.265. The number of fused-ring (bicyclic) bond motifs is 5. The van der Waals surface area contributed by atoms with Crippen LogP contribution in [0.1, 0.15) is 73.0 Å². The molecule has 148 valence electrons. The first-order valence-electron chi connectivity index (χ1n) is 10.7. The monoisotopic (exact) mass is 379 g/mol. The van der Waals surface area contributed by atoms with E-state index in [-0.39, 0.29) is 5.97 Å². The Kier molecular flexibility index (Phi) is 4.41. The molecule has 1 aliphatic carbocycles. The molecule has 3 aliphatic rings. The van der Waals surface area contributed by atoms with Gasteiger partial charge in [0.2, 0.25) is 0 Å². The third-order valence-electron chi connectivity index (χ3n) is 6.69. The highest BCUT2D eigenvalue weighted by Crippen LogP contribution is 2.42. The highest BCUT2D eigenvalue weighted by Gasteiger charge is 2.34. The van der Waals surface area contributed by atoms with E-state index in [2.05, 4.69) is 22.5 Å². The van der Waals surface area contributed by atoms with Crippen LogP contribution >= 0.6 is 0 Å². The van der Waals surface area contributed by atoms with Gasteiger partial charge in [-0.05, 0) is 49.8 Å². The van der Waals surface area contributed by atoms with Crippen molar-refractivity contribution in [2.75, 3.05) is 20.2 Å². The van der Waals surface area contributed by atoms with E-state index in [9.17, 15) is 4.79 Å². The van der Waals surface area contributed by atoms with Crippen molar-refractivity contribution in [2.24, 2.45) is 4.99 Å². The van der Waals surface area contributed by atoms with Crippen LogP contribution in [-0.2, 0) is 11.3 Å². The van der Waals surface area contributed by atoms with E-state index in [4.69, 9.17) is 9.73 Å². The van der Waals surface area contributed by atoms with Gasteiger partial charge in [-0.3, -0.25) is 4.99 Å². The molecule has 0 spiro atoms. The SMILES string of the molecule is COC(=O)c1ccc2c(C3CCCCC3)c3n(c2c1)CCCN1C[C@@H](C)N=C31. The van der Waals surface area contributed by atoms with Gasteiger partial charge < -0.3 is 14.2 Å². The van der Waals surface area contributed by atoms with Crippen molar-refractivity contribution in [1.29, 1.82) is 0 Å². The van der Waals surface area contributed by atoms with Gasteiger partial charge in [-0.2, -0.15) is 0 Å². The van der Waals surface area contributed by atoms with E-state index >= 15 is 0 Å². The highest BCUT2D eigenvalue weighted by atomic mass is 16.5. The number of aromatic nitrogens is 1. The van der Waals surface area contributed by atoms with E-state index < -0.39 is 0 Å². The zero-order valence-electron chi connectivity index (χ0n) is 16.9. The summed E-state index contributed by atoms with van der Waals surface area (Å²) in [4.78, 5) is 19.7. The summed E-state index contributed by atoms with van der Waals surface area (Å²) >= 11 is 0. The Morgan fingerprint density at radius 2 is 1.96 bits per heavy atom. The second-order valence-electron chi connectivity index (χ2n) is 8.57. The quantitative estimate of drug-likeness (QED) is 0.730. The number of aliphatic imine (C=N–C) groups is 1. The van der Waals surface area contributed by atoms with Crippen LogP contribution in [0.3, 0.4) is 0 Å². The van der Waals surface area contributed by atoms with Crippen molar-refractivity contribution in [1.82, 2.24) is 9.47 Å². The molecule has 0 unspecified atom stereocenters. The fraction of sp³-hybridized carbons (Fsp3) is 0.565. The number of methoxy groups -OCH3 is 1. The summed E-state index contributed by atoms with van der Waals surface area (Å²) in [5.41, 5.74) is 4.60. The van der Waals surface area contributed by atoms with Gasteiger partial charge in [0, 0.05) is 30.5 Å². The summed E-state index contributed by atoms with van der Waals surface area (Å²) in [6.45, 7) is 5.28. The second-order valence-corrected chi connectivity index (χ2v) is 8.57. The Bertz CT molecular complexity index is 952. The fourth-order valence-corrected chi connectivity index (χ4v) is 5.46. The van der Waals surface area contributed by atoms with Gasteiger partial charge in [0.1, 0.15) is 5.84 Å². The summed E-state index contributed by atoms with van der Waals surface area (Å²) in [5, 5.41) is 1.30. The molecule has 5 rings (SSSR count). The smallest absolute Gasteiger partial charge is 0.337 e. The van der Waals surface area contributed by atoms with Crippen LogP contribution in [-0.4, -0.2) is 47.5 Å². The number of esters is 1. The predicted octanol–water partition coefficient (Wildman–Crippen LogP) is 4.33. The molecule has 2 aromatic rings. The molecule has 28 heavy (non-hydrogen) atoms. The Morgan fingerprint density at radius 3 is 2.75 bits per heavy atom. The first-order chi connectivity index (χ1) is 13.7. The van der Waals surface area contributed by atoms with E-state index in [1.54, 1.807) is 0 Å². The number of hydrogen-bond donors (Lipinski definition) is 0. The number of amidine groups is 1. The zero-order valence-corrected chi connectivity index (χ0v) is 16.9. The van der Waals surface area contributed by atoms with Crippen LogP contribution in [0.25, 0.3) is 10.9 Å². The fourth-order valence-electron chi connectivity index (χ4n) is 5.46. The maximum atomic E-state index is 12.2. The van der Waals surface area contributed by atoms with Crippen LogP contribution in [0.5, 0.6) is 0 Å². The highest BCUT2D eigenvalue weighted by molar-refractivity contribution is 6.07. The number of nitrogens with zero attached hydrogens (tertiary/aromatic N) is 3. The first kappa shape index (κ1) is 17.8. The number of hydrogen-bond acceptors (Lipinski definition) is 4. The molecule has 0 bridgehead atoms. The van der Waals surface area contributed by atoms with Crippen molar-refractivity contribution >= 4 is 22.7 Å². The largest absolute Gasteiger partial charge is 0.465 e. The van der Waals surface area contributed by atoms with Gasteiger partial charge in [-0.1, -0.05) is 25.3 Å². The van der Waals surface area contributed by atoms with E-state index in [1.807, 2.05) is 12.1 Å². The molecule has 1 saturated carbocycles. The molecule has 1 aromatic carbocycles. The maximum absolute atomic E-state index is 12.2. The van der Waals surface area contributed by atoms with Crippen molar-refractivity contribution in [3.8, 4) is 0 Å². The van der Waals surface area contributed by atoms with Gasteiger partial charge in [0.05, 0.1) is 24.4 Å². The van der Waals surface area contributed by atoms with Gasteiger partial charge in [0.25, 0.3) is 0 Å². The number of ether oxygens (including phenoxy) is 1. The lowest BCUT2D eigenvalue weighted by Crippen LogP contribution is -2.30. The molecular weight excluding hydrogens is 350 g/mol. The van der Waals surface area contributed by atoms with E-state index in [0.29, 0.717) is 17.5 Å². The van der Waals surface area contributed by atoms with Crippen LogP contribution in [0.2, 0.25) is 0 Å². The third kappa shape index (κ3) is 2.75. The Morgan fingerprint density at radius 1 is 1.14 bits per heavy atom. The molecule has 1 aromatic heterocycles. The maximum Gasteiger partial charge on any atom is 0.337 e. The molecule has 0 saturated heterocycles.